The molecule has 1 aromatic heterocycles. The first-order valence-corrected chi connectivity index (χ1v) is 6.35. The number of aromatic nitrogens is 1. The van der Waals surface area contributed by atoms with Gasteiger partial charge in [-0.1, -0.05) is 6.92 Å². The van der Waals surface area contributed by atoms with Gasteiger partial charge in [-0.2, -0.15) is 4.98 Å². The van der Waals surface area contributed by atoms with E-state index in [1.807, 2.05) is 6.07 Å². The third kappa shape index (κ3) is 1.72. The van der Waals surface area contributed by atoms with Crippen molar-refractivity contribution in [1.82, 2.24) is 4.98 Å². The van der Waals surface area contributed by atoms with Gasteiger partial charge in [-0.25, -0.2) is 0 Å². The Balaban J connectivity index is 1.98. The smallest absolute Gasteiger partial charge is 0.215 e. The van der Waals surface area contributed by atoms with Gasteiger partial charge >= 0.3 is 0 Å². The molecule has 4 nitrogen and oxygen atoms in total. The maximum atomic E-state index is 5.22. The fourth-order valence-electron chi connectivity index (χ4n) is 2.94. The molecule has 1 N–H and O–H groups in total. The van der Waals surface area contributed by atoms with Crippen LogP contribution >= 0.6 is 0 Å². The van der Waals surface area contributed by atoms with E-state index in [-0.39, 0.29) is 0 Å². The topological polar surface area (TPSA) is 37.4 Å². The zero-order valence-corrected chi connectivity index (χ0v) is 10.4. The number of nitrogens with one attached hydrogen (secondary N) is 1. The molecule has 0 aromatic carbocycles. The van der Waals surface area contributed by atoms with Crippen molar-refractivity contribution >= 4 is 11.5 Å². The number of ether oxygens (including phenoxy) is 1. The molecule has 3 heterocycles. The van der Waals surface area contributed by atoms with Gasteiger partial charge in [0.2, 0.25) is 5.88 Å². The van der Waals surface area contributed by atoms with Gasteiger partial charge in [0.05, 0.1) is 18.8 Å². The van der Waals surface area contributed by atoms with Crippen LogP contribution in [0.1, 0.15) is 19.8 Å². The molecule has 92 valence electrons. The van der Waals surface area contributed by atoms with Crippen molar-refractivity contribution in [3.05, 3.63) is 12.1 Å². The number of methoxy groups -OCH3 is 1. The normalized spacial score (nSPS) is 26.8. The fraction of sp³-hybridized carbons (Fsp3) is 0.615. The molecule has 2 aliphatic heterocycles. The van der Waals surface area contributed by atoms with Gasteiger partial charge in [0.1, 0.15) is 0 Å². The van der Waals surface area contributed by atoms with Crippen molar-refractivity contribution in [2.75, 3.05) is 30.4 Å². The van der Waals surface area contributed by atoms with Gasteiger partial charge in [0.15, 0.2) is 5.82 Å². The summed E-state index contributed by atoms with van der Waals surface area (Å²) in [6.45, 7) is 4.48. The molecule has 0 spiro atoms. The summed E-state index contributed by atoms with van der Waals surface area (Å²) in [6.07, 6.45) is 2.58. The van der Waals surface area contributed by atoms with E-state index in [1.165, 1.54) is 12.8 Å². The van der Waals surface area contributed by atoms with Crippen LogP contribution in [0.4, 0.5) is 11.5 Å². The summed E-state index contributed by atoms with van der Waals surface area (Å²) in [5.74, 6) is 2.49. The van der Waals surface area contributed by atoms with Crippen molar-refractivity contribution < 1.29 is 4.74 Å². The van der Waals surface area contributed by atoms with E-state index in [9.17, 15) is 0 Å². The molecule has 1 saturated heterocycles. The van der Waals surface area contributed by atoms with Gasteiger partial charge in [-0.05, 0) is 24.8 Å². The van der Waals surface area contributed by atoms with Gasteiger partial charge in [0, 0.05) is 19.2 Å². The van der Waals surface area contributed by atoms with Crippen LogP contribution in [-0.4, -0.2) is 31.2 Å². The molecular formula is C13H19N3O. The lowest BCUT2D eigenvalue weighted by Gasteiger charge is -2.44. The number of nitrogens with zero attached hydrogens (tertiary/aromatic N) is 2. The van der Waals surface area contributed by atoms with Crippen LogP contribution in [0.25, 0.3) is 0 Å². The fourth-order valence-corrected chi connectivity index (χ4v) is 2.94. The molecule has 4 heteroatoms. The Hall–Kier alpha value is -1.45. The highest BCUT2D eigenvalue weighted by Crippen LogP contribution is 2.36. The summed E-state index contributed by atoms with van der Waals surface area (Å²) >= 11 is 0. The van der Waals surface area contributed by atoms with E-state index < -0.39 is 0 Å². The zero-order valence-electron chi connectivity index (χ0n) is 10.4. The quantitative estimate of drug-likeness (QED) is 0.806. The SMILES string of the molecule is COc1ccc2c(n1)N1CCCC(C)C1CN2. The molecule has 2 unspecified atom stereocenters. The van der Waals surface area contributed by atoms with E-state index in [4.69, 9.17) is 4.74 Å². The van der Waals surface area contributed by atoms with E-state index in [2.05, 4.69) is 28.2 Å². The molecule has 17 heavy (non-hydrogen) atoms. The summed E-state index contributed by atoms with van der Waals surface area (Å²) < 4.78 is 5.22. The molecule has 3 rings (SSSR count). The van der Waals surface area contributed by atoms with Crippen molar-refractivity contribution in [2.24, 2.45) is 5.92 Å². The van der Waals surface area contributed by atoms with Crippen LogP contribution in [-0.2, 0) is 0 Å². The molecule has 0 aliphatic carbocycles. The maximum absolute atomic E-state index is 5.22. The maximum Gasteiger partial charge on any atom is 0.215 e. The minimum absolute atomic E-state index is 0.579. The second-order valence-electron chi connectivity index (χ2n) is 4.99. The molecule has 1 fully saturated rings. The first-order chi connectivity index (χ1) is 8.29. The molecule has 0 amide bonds. The van der Waals surface area contributed by atoms with Crippen LogP contribution in [0.15, 0.2) is 12.1 Å². The van der Waals surface area contributed by atoms with E-state index in [1.54, 1.807) is 7.11 Å². The Morgan fingerprint density at radius 2 is 2.35 bits per heavy atom. The average Bonchev–Trinajstić information content (AvgIpc) is 2.38. The minimum atomic E-state index is 0.579. The number of fused-ring (bicyclic) bond motifs is 3. The Morgan fingerprint density at radius 1 is 1.47 bits per heavy atom. The van der Waals surface area contributed by atoms with Gasteiger partial charge in [-0.15, -0.1) is 0 Å². The van der Waals surface area contributed by atoms with Crippen molar-refractivity contribution in [3.63, 3.8) is 0 Å². The van der Waals surface area contributed by atoms with Crippen LogP contribution in [0.2, 0.25) is 0 Å². The van der Waals surface area contributed by atoms with Crippen LogP contribution < -0.4 is 15.0 Å². The molecule has 2 aliphatic rings. The lowest BCUT2D eigenvalue weighted by atomic mass is 9.89. The number of anilines is 2. The summed E-state index contributed by atoms with van der Waals surface area (Å²) in [5, 5.41) is 3.48. The Bertz CT molecular complexity index is 421. The zero-order chi connectivity index (χ0) is 11.8. The molecule has 1 aromatic rings. The molecule has 0 saturated carbocycles. The molecule has 2 atom stereocenters. The lowest BCUT2D eigenvalue weighted by molar-refractivity contribution is 0.345. The Labute approximate surface area is 102 Å². The predicted molar refractivity (Wildman–Crippen MR) is 68.8 cm³/mol. The summed E-state index contributed by atoms with van der Waals surface area (Å²) in [6, 6.07) is 4.56. The highest BCUT2D eigenvalue weighted by Gasteiger charge is 2.33. The summed E-state index contributed by atoms with van der Waals surface area (Å²) in [4.78, 5) is 7.04. The summed E-state index contributed by atoms with van der Waals surface area (Å²) in [5.41, 5.74) is 1.14. The largest absolute Gasteiger partial charge is 0.481 e. The molecule has 0 bridgehead atoms. The van der Waals surface area contributed by atoms with Crippen molar-refractivity contribution in [1.29, 1.82) is 0 Å². The number of hydrogen-bond acceptors (Lipinski definition) is 4. The lowest BCUT2D eigenvalue weighted by Crippen LogP contribution is -2.51. The van der Waals surface area contributed by atoms with Gasteiger partial charge in [-0.3, -0.25) is 0 Å². The van der Waals surface area contributed by atoms with Gasteiger partial charge < -0.3 is 15.0 Å². The number of pyridine rings is 1. The first kappa shape index (κ1) is 10.7. The van der Waals surface area contributed by atoms with Crippen LogP contribution in [0.5, 0.6) is 5.88 Å². The second kappa shape index (κ2) is 4.09. The van der Waals surface area contributed by atoms with Gasteiger partial charge in [0.25, 0.3) is 0 Å². The highest BCUT2D eigenvalue weighted by molar-refractivity contribution is 5.69. The van der Waals surface area contributed by atoms with Crippen LogP contribution in [0, 0.1) is 5.92 Å². The number of piperidine rings is 1. The van der Waals surface area contributed by atoms with Crippen molar-refractivity contribution in [2.45, 2.75) is 25.8 Å². The van der Waals surface area contributed by atoms with E-state index in [0.29, 0.717) is 11.9 Å². The molecule has 0 radical (unpaired) electrons. The third-order valence-corrected chi connectivity index (χ3v) is 3.95. The standard InChI is InChI=1S/C13H19N3O/c1-9-4-3-7-16-11(9)8-14-10-5-6-12(17-2)15-13(10)16/h5-6,9,11,14H,3-4,7-8H2,1-2H3. The summed E-state index contributed by atoms with van der Waals surface area (Å²) in [7, 11) is 1.67. The van der Waals surface area contributed by atoms with Crippen LogP contribution in [0.3, 0.4) is 0 Å². The van der Waals surface area contributed by atoms with Crippen molar-refractivity contribution in [3.8, 4) is 5.88 Å². The minimum Gasteiger partial charge on any atom is -0.481 e. The monoisotopic (exact) mass is 233 g/mol. The third-order valence-electron chi connectivity index (χ3n) is 3.95. The Morgan fingerprint density at radius 3 is 3.18 bits per heavy atom. The first-order valence-electron chi connectivity index (χ1n) is 6.35. The number of rotatable bonds is 1. The number of hydrogen-bond donors (Lipinski definition) is 1. The Kier molecular flexibility index (Phi) is 2.57. The predicted octanol–water partition coefficient (Wildman–Crippen LogP) is 2.12. The second-order valence-corrected chi connectivity index (χ2v) is 4.99. The highest BCUT2D eigenvalue weighted by atomic mass is 16.5. The van der Waals surface area contributed by atoms with E-state index >= 15 is 0 Å². The average molecular weight is 233 g/mol. The molecular weight excluding hydrogens is 214 g/mol. The van der Waals surface area contributed by atoms with E-state index in [0.717, 1.165) is 30.5 Å².